The van der Waals surface area contributed by atoms with E-state index in [0.717, 1.165) is 0 Å². The number of aliphatic hydroxyl groups is 4. The van der Waals surface area contributed by atoms with Crippen LogP contribution < -0.4 is 14.9 Å². The summed E-state index contributed by atoms with van der Waals surface area (Å²) in [6.45, 7) is -0.638. The summed E-state index contributed by atoms with van der Waals surface area (Å²) in [6.07, 6.45) is -6.33. The van der Waals surface area contributed by atoms with Crippen LogP contribution in [-0.4, -0.2) is 77.9 Å². The van der Waals surface area contributed by atoms with Crippen LogP contribution in [0, 0.1) is 0 Å². The van der Waals surface area contributed by atoms with E-state index < -0.39 is 43.3 Å². The molecule has 4 N–H and O–H groups in total. The molecule has 1 aliphatic heterocycles. The van der Waals surface area contributed by atoms with Gasteiger partial charge >= 0.3 is 5.97 Å². The highest BCUT2D eigenvalue weighted by Gasteiger charge is 2.44. The second-order valence-electron chi connectivity index (χ2n) is 7.89. The molecule has 11 heteroatoms. The van der Waals surface area contributed by atoms with Crippen LogP contribution in [0.4, 0.5) is 0 Å². The van der Waals surface area contributed by atoms with Crippen LogP contribution in [0.15, 0.2) is 51.9 Å². The molecule has 0 radical (unpaired) electrons. The average Bonchev–Trinajstić information content (AvgIpc) is 2.88. The predicted octanol–water partition coefficient (Wildman–Crippen LogP) is 0.434. The number of methoxy groups -OCH3 is 2. The van der Waals surface area contributed by atoms with Gasteiger partial charge in [0.1, 0.15) is 47.8 Å². The van der Waals surface area contributed by atoms with Gasteiger partial charge in [0.2, 0.25) is 6.29 Å². The smallest absolute Gasteiger partial charge is 0.338 e. The van der Waals surface area contributed by atoms with Gasteiger partial charge in [0, 0.05) is 6.07 Å². The highest BCUT2D eigenvalue weighted by Crippen LogP contribution is 2.30. The zero-order valence-electron chi connectivity index (χ0n) is 18.8. The third-order valence-corrected chi connectivity index (χ3v) is 5.72. The molecule has 0 spiro atoms. The quantitative estimate of drug-likeness (QED) is 0.356. The maximum absolute atomic E-state index is 13.2. The predicted molar refractivity (Wildman–Crippen MR) is 120 cm³/mol. The Kier molecular flexibility index (Phi) is 7.05. The molecule has 2 heterocycles. The van der Waals surface area contributed by atoms with E-state index in [1.54, 1.807) is 18.2 Å². The number of hydrogen-bond acceptors (Lipinski definition) is 11. The summed E-state index contributed by atoms with van der Waals surface area (Å²) in [7, 11) is 2.67. The lowest BCUT2D eigenvalue weighted by atomic mass is 9.99. The molecule has 0 amide bonds. The van der Waals surface area contributed by atoms with Gasteiger partial charge in [-0.2, -0.15) is 0 Å². The van der Waals surface area contributed by atoms with Crippen LogP contribution in [0.2, 0.25) is 0 Å². The number of carbonyl (C=O) groups is 1. The Labute approximate surface area is 198 Å². The topological polar surface area (TPSA) is 165 Å². The molecule has 2 aromatic carbocycles. The molecule has 0 unspecified atom stereocenters. The van der Waals surface area contributed by atoms with E-state index in [1.165, 1.54) is 38.7 Å². The molecule has 0 bridgehead atoms. The summed E-state index contributed by atoms with van der Waals surface area (Å²) in [5.41, 5.74) is 0.319. The van der Waals surface area contributed by atoms with Crippen LogP contribution in [0.25, 0.3) is 22.1 Å². The molecule has 11 nitrogen and oxygen atoms in total. The molecule has 1 aromatic heterocycles. The fourth-order valence-electron chi connectivity index (χ4n) is 3.79. The highest BCUT2D eigenvalue weighted by atomic mass is 16.7. The molecule has 3 aromatic rings. The molecule has 0 aliphatic carbocycles. The first-order chi connectivity index (χ1) is 16.8. The van der Waals surface area contributed by atoms with Gasteiger partial charge in [0.25, 0.3) is 0 Å². The fourth-order valence-corrected chi connectivity index (χ4v) is 3.79. The minimum Gasteiger partial charge on any atom is -0.497 e. The monoisotopic (exact) mass is 488 g/mol. The molecule has 1 saturated heterocycles. The van der Waals surface area contributed by atoms with Crippen LogP contribution in [0.3, 0.4) is 0 Å². The Morgan fingerprint density at radius 3 is 2.46 bits per heavy atom. The number of aliphatic hydroxyl groups excluding tert-OH is 4. The number of rotatable bonds is 6. The number of esters is 1. The van der Waals surface area contributed by atoms with Crippen molar-refractivity contribution in [2.75, 3.05) is 20.8 Å². The zero-order valence-corrected chi connectivity index (χ0v) is 18.8. The molecule has 0 saturated carbocycles. The van der Waals surface area contributed by atoms with Gasteiger partial charge < -0.3 is 43.8 Å². The molecule has 1 fully saturated rings. The molecular formula is C24H24O11. The number of ether oxygens (including phenoxy) is 4. The number of carbonyl (C=O) groups excluding carboxylic acids is 1. The maximum Gasteiger partial charge on any atom is 0.338 e. The van der Waals surface area contributed by atoms with Crippen molar-refractivity contribution < 1.29 is 48.6 Å². The van der Waals surface area contributed by atoms with Crippen molar-refractivity contribution in [1.82, 2.24) is 0 Å². The fraction of sp³-hybridized carbons (Fsp3) is 0.333. The standard InChI is InChI=1S/C24H24O11/c1-31-13-3-4-15-17(8-13)33-10-16(19(15)26)11-5-12(23(30)32-2)7-14(6-11)34-24-22(29)21(28)20(27)18(9-25)35-24/h3-8,10,18,20-22,24-25,27-29H,9H2,1-2H3/t18-,20-,21+,22-,24-/m1/s1. The van der Waals surface area contributed by atoms with Gasteiger partial charge in [0.15, 0.2) is 5.43 Å². The Morgan fingerprint density at radius 2 is 1.77 bits per heavy atom. The van der Waals surface area contributed by atoms with E-state index >= 15 is 0 Å². The van der Waals surface area contributed by atoms with E-state index in [4.69, 9.17) is 23.4 Å². The third-order valence-electron chi connectivity index (χ3n) is 5.72. The van der Waals surface area contributed by atoms with Gasteiger partial charge in [-0.1, -0.05) is 0 Å². The molecule has 186 valence electrons. The normalized spacial score (nSPS) is 24.2. The zero-order chi connectivity index (χ0) is 25.3. The highest BCUT2D eigenvalue weighted by molar-refractivity contribution is 5.92. The Bertz CT molecular complexity index is 1280. The largest absolute Gasteiger partial charge is 0.497 e. The van der Waals surface area contributed by atoms with E-state index in [9.17, 15) is 30.0 Å². The van der Waals surface area contributed by atoms with Gasteiger partial charge in [0.05, 0.1) is 37.3 Å². The Hall–Kier alpha value is -3.48. The minimum atomic E-state index is -1.67. The number of hydrogen-bond donors (Lipinski definition) is 4. The van der Waals surface area contributed by atoms with Gasteiger partial charge in [-0.05, 0) is 35.9 Å². The summed E-state index contributed by atoms with van der Waals surface area (Å²) < 4.78 is 26.6. The minimum absolute atomic E-state index is 0.0125. The molecule has 4 rings (SSSR count). The first-order valence-electron chi connectivity index (χ1n) is 10.6. The van der Waals surface area contributed by atoms with Crippen molar-refractivity contribution in [1.29, 1.82) is 0 Å². The second-order valence-corrected chi connectivity index (χ2v) is 7.89. The summed E-state index contributed by atoms with van der Waals surface area (Å²) in [6, 6.07) is 8.85. The summed E-state index contributed by atoms with van der Waals surface area (Å²) >= 11 is 0. The number of benzene rings is 2. The summed E-state index contributed by atoms with van der Waals surface area (Å²) in [4.78, 5) is 25.5. The average molecular weight is 488 g/mol. The van der Waals surface area contributed by atoms with Crippen LogP contribution in [0.5, 0.6) is 11.5 Å². The van der Waals surface area contributed by atoms with Gasteiger partial charge in [-0.15, -0.1) is 0 Å². The Morgan fingerprint density at radius 1 is 1.00 bits per heavy atom. The van der Waals surface area contributed by atoms with Crippen molar-refractivity contribution in [3.05, 3.63) is 58.4 Å². The second kappa shape index (κ2) is 10.0. The van der Waals surface area contributed by atoms with Gasteiger partial charge in [-0.3, -0.25) is 4.79 Å². The van der Waals surface area contributed by atoms with Crippen molar-refractivity contribution in [2.45, 2.75) is 30.7 Å². The van der Waals surface area contributed by atoms with E-state index in [0.29, 0.717) is 11.3 Å². The van der Waals surface area contributed by atoms with Crippen LogP contribution in [-0.2, 0) is 9.47 Å². The van der Waals surface area contributed by atoms with E-state index in [1.807, 2.05) is 0 Å². The maximum atomic E-state index is 13.2. The molecule has 35 heavy (non-hydrogen) atoms. The first kappa shape index (κ1) is 24.6. The lowest BCUT2D eigenvalue weighted by molar-refractivity contribution is -0.277. The summed E-state index contributed by atoms with van der Waals surface area (Å²) in [5, 5.41) is 40.0. The molecular weight excluding hydrogens is 464 g/mol. The van der Waals surface area contributed by atoms with Crippen molar-refractivity contribution in [2.24, 2.45) is 0 Å². The number of fused-ring (bicyclic) bond motifs is 1. The Balaban J connectivity index is 1.76. The SMILES string of the molecule is COC(=O)c1cc(O[C@@H]2O[C@H](CO)[C@@H](O)[C@H](O)[C@H]2O)cc(-c2coc3cc(OC)ccc3c2=O)c1. The van der Waals surface area contributed by atoms with Gasteiger partial charge in [-0.25, -0.2) is 4.79 Å². The van der Waals surface area contributed by atoms with Crippen molar-refractivity contribution >= 4 is 16.9 Å². The lowest BCUT2D eigenvalue weighted by Crippen LogP contribution is -2.60. The van der Waals surface area contributed by atoms with Crippen LogP contribution >= 0.6 is 0 Å². The van der Waals surface area contributed by atoms with E-state index in [-0.39, 0.29) is 33.3 Å². The summed E-state index contributed by atoms with van der Waals surface area (Å²) in [5.74, 6) is -0.224. The van der Waals surface area contributed by atoms with Crippen LogP contribution in [0.1, 0.15) is 10.4 Å². The van der Waals surface area contributed by atoms with E-state index in [2.05, 4.69) is 0 Å². The van der Waals surface area contributed by atoms with Crippen molar-refractivity contribution in [3.8, 4) is 22.6 Å². The lowest BCUT2D eigenvalue weighted by Gasteiger charge is -2.39. The third kappa shape index (κ3) is 4.72. The van der Waals surface area contributed by atoms with Crippen molar-refractivity contribution in [3.63, 3.8) is 0 Å². The first-order valence-corrected chi connectivity index (χ1v) is 10.6. The molecule has 5 atom stereocenters. The molecule has 1 aliphatic rings.